The molecule has 1 unspecified atom stereocenters. The zero-order valence-corrected chi connectivity index (χ0v) is 15.3. The van der Waals surface area contributed by atoms with Crippen LogP contribution < -0.4 is 5.32 Å². The van der Waals surface area contributed by atoms with Gasteiger partial charge in [0.1, 0.15) is 0 Å². The van der Waals surface area contributed by atoms with Crippen molar-refractivity contribution in [3.05, 3.63) is 81.9 Å². The molecule has 0 radical (unpaired) electrons. The van der Waals surface area contributed by atoms with Crippen molar-refractivity contribution in [2.45, 2.75) is 13.0 Å². The maximum atomic E-state index is 12.2. The van der Waals surface area contributed by atoms with Crippen molar-refractivity contribution in [2.24, 2.45) is 5.92 Å². The molecule has 7 heteroatoms. The Morgan fingerprint density at radius 2 is 1.89 bits per heavy atom. The molecular formula is C21H21N3O4. The molecule has 0 spiro atoms. The van der Waals surface area contributed by atoms with E-state index < -0.39 is 4.92 Å². The SMILES string of the molecule is O=C(/C=C\c1ccc([N+](=O)[O-])cc1)NCC1CC(=O)N(Cc2ccccc2)C1. The summed E-state index contributed by atoms with van der Waals surface area (Å²) in [5.41, 5.74) is 1.80. The van der Waals surface area contributed by atoms with Crippen LogP contribution in [0, 0.1) is 16.0 Å². The molecule has 1 atom stereocenters. The van der Waals surface area contributed by atoms with Crippen LogP contribution in [0.4, 0.5) is 5.69 Å². The van der Waals surface area contributed by atoms with Gasteiger partial charge < -0.3 is 10.2 Å². The van der Waals surface area contributed by atoms with Gasteiger partial charge in [-0.05, 0) is 29.3 Å². The maximum Gasteiger partial charge on any atom is 0.269 e. The molecule has 0 aromatic heterocycles. The number of carbonyl (C=O) groups excluding carboxylic acids is 2. The highest BCUT2D eigenvalue weighted by molar-refractivity contribution is 5.91. The molecular weight excluding hydrogens is 358 g/mol. The van der Waals surface area contributed by atoms with Gasteiger partial charge in [-0.2, -0.15) is 0 Å². The summed E-state index contributed by atoms with van der Waals surface area (Å²) < 4.78 is 0. The van der Waals surface area contributed by atoms with Crippen LogP contribution in [-0.2, 0) is 16.1 Å². The molecule has 1 aliphatic heterocycles. The Hall–Kier alpha value is -3.48. The van der Waals surface area contributed by atoms with Gasteiger partial charge in [-0.1, -0.05) is 30.3 Å². The van der Waals surface area contributed by atoms with Crippen LogP contribution in [0.1, 0.15) is 17.5 Å². The molecule has 1 saturated heterocycles. The van der Waals surface area contributed by atoms with Crippen LogP contribution in [0.2, 0.25) is 0 Å². The predicted molar refractivity (Wildman–Crippen MR) is 105 cm³/mol. The average molecular weight is 379 g/mol. The molecule has 0 saturated carbocycles. The summed E-state index contributed by atoms with van der Waals surface area (Å²) in [6.07, 6.45) is 3.42. The molecule has 1 aliphatic rings. The lowest BCUT2D eigenvalue weighted by Gasteiger charge is -2.16. The number of benzene rings is 2. The number of carbonyl (C=O) groups is 2. The predicted octanol–water partition coefficient (Wildman–Crippen LogP) is 2.77. The van der Waals surface area contributed by atoms with E-state index in [2.05, 4.69) is 5.32 Å². The first-order valence-corrected chi connectivity index (χ1v) is 9.03. The minimum absolute atomic E-state index is 0.00700. The minimum Gasteiger partial charge on any atom is -0.352 e. The summed E-state index contributed by atoms with van der Waals surface area (Å²) in [5.74, 6) is -0.0650. The first-order chi connectivity index (χ1) is 13.5. The fourth-order valence-corrected chi connectivity index (χ4v) is 3.13. The van der Waals surface area contributed by atoms with Crippen molar-refractivity contribution in [3.8, 4) is 0 Å². The van der Waals surface area contributed by atoms with Gasteiger partial charge in [0, 0.05) is 50.2 Å². The summed E-state index contributed by atoms with van der Waals surface area (Å²) in [5, 5.41) is 13.5. The normalized spacial score (nSPS) is 16.5. The third kappa shape index (κ3) is 5.26. The van der Waals surface area contributed by atoms with E-state index in [-0.39, 0.29) is 23.4 Å². The van der Waals surface area contributed by atoms with Crippen LogP contribution in [0.25, 0.3) is 6.08 Å². The molecule has 2 aromatic rings. The van der Waals surface area contributed by atoms with E-state index in [1.807, 2.05) is 35.2 Å². The van der Waals surface area contributed by atoms with E-state index in [4.69, 9.17) is 0 Å². The Bertz CT molecular complexity index is 878. The molecule has 3 rings (SSSR count). The molecule has 0 aliphatic carbocycles. The van der Waals surface area contributed by atoms with Crippen LogP contribution in [0.3, 0.4) is 0 Å². The maximum absolute atomic E-state index is 12.2. The van der Waals surface area contributed by atoms with Crippen molar-refractivity contribution in [3.63, 3.8) is 0 Å². The molecule has 1 fully saturated rings. The van der Waals surface area contributed by atoms with Gasteiger partial charge in [0.25, 0.3) is 5.69 Å². The van der Waals surface area contributed by atoms with Crippen molar-refractivity contribution in [1.29, 1.82) is 0 Å². The lowest BCUT2D eigenvalue weighted by atomic mass is 10.1. The molecule has 1 heterocycles. The summed E-state index contributed by atoms with van der Waals surface area (Å²) in [4.78, 5) is 36.2. The Morgan fingerprint density at radius 1 is 1.18 bits per heavy atom. The highest BCUT2D eigenvalue weighted by Crippen LogP contribution is 2.19. The number of rotatable bonds is 7. The summed E-state index contributed by atoms with van der Waals surface area (Å²) in [7, 11) is 0. The lowest BCUT2D eigenvalue weighted by molar-refractivity contribution is -0.384. The molecule has 0 bridgehead atoms. The van der Waals surface area contributed by atoms with Gasteiger partial charge in [-0.3, -0.25) is 19.7 Å². The average Bonchev–Trinajstić information content (AvgIpc) is 3.05. The lowest BCUT2D eigenvalue weighted by Crippen LogP contribution is -2.30. The van der Waals surface area contributed by atoms with Crippen LogP contribution >= 0.6 is 0 Å². The number of nitro groups is 1. The second-order valence-electron chi connectivity index (χ2n) is 6.76. The number of nitrogens with zero attached hydrogens (tertiary/aromatic N) is 2. The molecule has 28 heavy (non-hydrogen) atoms. The standard InChI is InChI=1S/C21H21N3O4/c25-20(11-8-16-6-9-19(10-7-16)24(27)28)22-13-18-12-21(26)23(15-18)14-17-4-2-1-3-5-17/h1-11,18H,12-15H2,(H,22,25)/b11-8-. The Balaban J connectivity index is 1.45. The van der Waals surface area contributed by atoms with Crippen molar-refractivity contribution in [1.82, 2.24) is 10.2 Å². The molecule has 2 amide bonds. The third-order valence-electron chi connectivity index (χ3n) is 4.61. The van der Waals surface area contributed by atoms with Crippen molar-refractivity contribution < 1.29 is 14.5 Å². The second-order valence-corrected chi connectivity index (χ2v) is 6.76. The van der Waals surface area contributed by atoms with E-state index in [1.54, 1.807) is 18.2 Å². The summed E-state index contributed by atoms with van der Waals surface area (Å²) >= 11 is 0. The van der Waals surface area contributed by atoms with E-state index in [1.165, 1.54) is 18.2 Å². The fourth-order valence-electron chi connectivity index (χ4n) is 3.13. The Morgan fingerprint density at radius 3 is 2.57 bits per heavy atom. The molecule has 2 aromatic carbocycles. The van der Waals surface area contributed by atoms with Gasteiger partial charge in [0.05, 0.1) is 4.92 Å². The first kappa shape index (κ1) is 19.3. The molecule has 144 valence electrons. The monoisotopic (exact) mass is 379 g/mol. The van der Waals surface area contributed by atoms with E-state index in [9.17, 15) is 19.7 Å². The summed E-state index contributed by atoms with van der Waals surface area (Å²) in [6.45, 7) is 1.64. The quantitative estimate of drug-likeness (QED) is 0.455. The Kier molecular flexibility index (Phi) is 6.16. The fraction of sp³-hybridized carbons (Fsp3) is 0.238. The van der Waals surface area contributed by atoms with E-state index in [0.29, 0.717) is 31.6 Å². The smallest absolute Gasteiger partial charge is 0.269 e. The number of amides is 2. The number of nitrogens with one attached hydrogen (secondary N) is 1. The van der Waals surface area contributed by atoms with Gasteiger partial charge in [-0.25, -0.2) is 0 Å². The van der Waals surface area contributed by atoms with Crippen molar-refractivity contribution in [2.75, 3.05) is 13.1 Å². The van der Waals surface area contributed by atoms with Crippen molar-refractivity contribution >= 4 is 23.6 Å². The summed E-state index contributed by atoms with van der Waals surface area (Å²) in [6, 6.07) is 15.8. The van der Waals surface area contributed by atoms with E-state index in [0.717, 1.165) is 5.56 Å². The van der Waals surface area contributed by atoms with Crippen LogP contribution in [-0.4, -0.2) is 34.7 Å². The third-order valence-corrected chi connectivity index (χ3v) is 4.61. The molecule has 7 nitrogen and oxygen atoms in total. The number of non-ortho nitro benzene ring substituents is 1. The van der Waals surface area contributed by atoms with Gasteiger partial charge in [0.15, 0.2) is 0 Å². The van der Waals surface area contributed by atoms with Crippen LogP contribution in [0.5, 0.6) is 0 Å². The van der Waals surface area contributed by atoms with Gasteiger partial charge >= 0.3 is 0 Å². The minimum atomic E-state index is -0.468. The highest BCUT2D eigenvalue weighted by atomic mass is 16.6. The van der Waals surface area contributed by atoms with Gasteiger partial charge in [0.2, 0.25) is 11.8 Å². The Labute approximate surface area is 162 Å². The number of nitro benzene ring substituents is 1. The van der Waals surface area contributed by atoms with E-state index >= 15 is 0 Å². The zero-order chi connectivity index (χ0) is 19.9. The highest BCUT2D eigenvalue weighted by Gasteiger charge is 2.29. The number of hydrogen-bond acceptors (Lipinski definition) is 4. The zero-order valence-electron chi connectivity index (χ0n) is 15.3. The topological polar surface area (TPSA) is 92.5 Å². The first-order valence-electron chi connectivity index (χ1n) is 9.03. The second kappa shape index (κ2) is 8.94. The molecule has 1 N–H and O–H groups in total. The number of hydrogen-bond donors (Lipinski definition) is 1. The van der Waals surface area contributed by atoms with Gasteiger partial charge in [-0.15, -0.1) is 0 Å². The van der Waals surface area contributed by atoms with Crippen LogP contribution in [0.15, 0.2) is 60.7 Å². The largest absolute Gasteiger partial charge is 0.352 e. The number of likely N-dealkylation sites (tertiary alicyclic amines) is 1.